The summed E-state index contributed by atoms with van der Waals surface area (Å²) < 4.78 is 22.7. The number of imide groups is 1. The maximum Gasteiger partial charge on any atom is 0.311 e. The molecule has 2 aromatic carbocycles. The number of carbonyl (C=O) groups excluding carboxylic acids is 4. The molecule has 0 bridgehead atoms. The van der Waals surface area contributed by atoms with E-state index in [9.17, 15) is 19.2 Å². The van der Waals surface area contributed by atoms with Crippen molar-refractivity contribution < 1.29 is 28.0 Å². The van der Waals surface area contributed by atoms with Crippen LogP contribution >= 0.6 is 0 Å². The van der Waals surface area contributed by atoms with E-state index >= 15 is 4.39 Å². The predicted octanol–water partition coefficient (Wildman–Crippen LogP) is 4.80. The number of nitrogens with one attached hydrogen (secondary N) is 3. The Kier molecular flexibility index (Phi) is 10.5. The van der Waals surface area contributed by atoms with Gasteiger partial charge in [-0.3, -0.25) is 29.2 Å². The number of nitrogens with zero attached hydrogens (tertiary/aromatic N) is 6. The fourth-order valence-corrected chi connectivity index (χ4v) is 8.46. The minimum Gasteiger partial charge on any atom is -0.438 e. The lowest BCUT2D eigenvalue weighted by atomic mass is 9.94. The predicted molar refractivity (Wildman–Crippen MR) is 205 cm³/mol. The summed E-state index contributed by atoms with van der Waals surface area (Å²) in [5.74, 6) is -1.43. The molecule has 4 aromatic rings. The summed E-state index contributed by atoms with van der Waals surface area (Å²) in [6.45, 7) is 8.27. The average Bonchev–Trinajstić information content (AvgIpc) is 3.82. The highest BCUT2D eigenvalue weighted by molar-refractivity contribution is 6.05. The summed E-state index contributed by atoms with van der Waals surface area (Å²) >= 11 is 0. The summed E-state index contributed by atoms with van der Waals surface area (Å²) in [4.78, 5) is 60.4. The number of rotatable bonds is 9. The molecule has 4 aliphatic heterocycles. The molecule has 2 aromatic heterocycles. The number of benzene rings is 2. The Morgan fingerprint density at radius 2 is 1.71 bits per heavy atom. The standard InChI is InChI=1S/C40H48FN9O5/c1-25-22-42-40(55-25)39(54)44-34-19-27-24-50(46-33(27)21-35(34)49-13-3-2-4-14-49)28-11-15-47(16-12-28)23-26-9-17-48(18-10-26)29-5-6-30(31(41)20-29)37(52)43-32-7-8-36(51)45-38(32)53/h5-6,19-22,24,26,28,32H,2-4,7-18,23H2,1H3,(H,43,52)(H,44,54)(H,45,51,53)/t32-/m0/s1. The molecule has 15 heteroatoms. The number of aromatic nitrogens is 3. The third-order valence-corrected chi connectivity index (χ3v) is 11.6. The number of likely N-dealkylation sites (tertiary alicyclic amines) is 1. The molecule has 4 amide bonds. The zero-order valence-corrected chi connectivity index (χ0v) is 31.2. The van der Waals surface area contributed by atoms with Crippen LogP contribution in [0.2, 0.25) is 0 Å². The van der Waals surface area contributed by atoms with Crippen molar-refractivity contribution >= 4 is 51.6 Å². The van der Waals surface area contributed by atoms with E-state index in [1.807, 2.05) is 6.07 Å². The molecule has 4 saturated heterocycles. The molecule has 8 rings (SSSR count). The van der Waals surface area contributed by atoms with Gasteiger partial charge in [-0.05, 0) is 94.5 Å². The third-order valence-electron chi connectivity index (χ3n) is 11.6. The summed E-state index contributed by atoms with van der Waals surface area (Å²) in [7, 11) is 0. The Bertz CT molecular complexity index is 2080. The molecular weight excluding hydrogens is 705 g/mol. The van der Waals surface area contributed by atoms with E-state index in [0.29, 0.717) is 17.7 Å². The quantitative estimate of drug-likeness (QED) is 0.203. The molecule has 1 atom stereocenters. The van der Waals surface area contributed by atoms with Crippen LogP contribution in [0.25, 0.3) is 10.9 Å². The fraction of sp³-hybridized carbons (Fsp3) is 0.500. The number of anilines is 3. The first-order valence-corrected chi connectivity index (χ1v) is 19.6. The minimum atomic E-state index is -0.857. The Morgan fingerprint density at radius 3 is 2.42 bits per heavy atom. The normalized spacial score (nSPS) is 20.5. The largest absolute Gasteiger partial charge is 0.438 e. The number of carbonyl (C=O) groups is 4. The molecule has 55 heavy (non-hydrogen) atoms. The Morgan fingerprint density at radius 1 is 0.927 bits per heavy atom. The second kappa shape index (κ2) is 15.8. The number of amides is 4. The summed E-state index contributed by atoms with van der Waals surface area (Å²) in [5, 5.41) is 13.9. The second-order valence-electron chi connectivity index (χ2n) is 15.4. The molecule has 3 N–H and O–H groups in total. The number of fused-ring (bicyclic) bond motifs is 1. The van der Waals surface area contributed by atoms with Crippen LogP contribution < -0.4 is 25.8 Å². The van der Waals surface area contributed by atoms with Gasteiger partial charge in [0.05, 0.1) is 34.7 Å². The van der Waals surface area contributed by atoms with Gasteiger partial charge in [-0.15, -0.1) is 0 Å². The van der Waals surface area contributed by atoms with E-state index in [2.05, 4.69) is 52.6 Å². The van der Waals surface area contributed by atoms with Crippen LogP contribution in [0, 0.1) is 18.7 Å². The molecule has 290 valence electrons. The molecule has 0 saturated carbocycles. The number of hydrogen-bond donors (Lipinski definition) is 3. The van der Waals surface area contributed by atoms with Gasteiger partial charge in [-0.1, -0.05) is 0 Å². The van der Waals surface area contributed by atoms with Gasteiger partial charge in [0, 0.05) is 69.5 Å². The van der Waals surface area contributed by atoms with Crippen LogP contribution in [0.3, 0.4) is 0 Å². The second-order valence-corrected chi connectivity index (χ2v) is 15.4. The van der Waals surface area contributed by atoms with Crippen molar-refractivity contribution in [1.82, 2.24) is 30.3 Å². The van der Waals surface area contributed by atoms with Crippen molar-refractivity contribution in [3.63, 3.8) is 0 Å². The molecule has 4 aliphatic rings. The number of halogens is 1. The highest BCUT2D eigenvalue weighted by Gasteiger charge is 2.30. The molecule has 6 heterocycles. The number of hydrogen-bond acceptors (Lipinski definition) is 10. The van der Waals surface area contributed by atoms with Gasteiger partial charge < -0.3 is 29.8 Å². The Hall–Kier alpha value is -5.31. The fourth-order valence-electron chi connectivity index (χ4n) is 8.46. The van der Waals surface area contributed by atoms with E-state index < -0.39 is 23.7 Å². The van der Waals surface area contributed by atoms with Gasteiger partial charge in [0.25, 0.3) is 11.8 Å². The lowest BCUT2D eigenvalue weighted by Gasteiger charge is -2.38. The van der Waals surface area contributed by atoms with E-state index in [1.54, 1.807) is 19.2 Å². The first kappa shape index (κ1) is 36.7. The summed E-state index contributed by atoms with van der Waals surface area (Å²) in [6.07, 6.45) is 11.4. The average molecular weight is 754 g/mol. The van der Waals surface area contributed by atoms with Crippen LogP contribution in [0.1, 0.15) is 90.6 Å². The smallest absolute Gasteiger partial charge is 0.311 e. The molecular formula is C40H48FN9O5. The minimum absolute atomic E-state index is 0.0500. The lowest BCUT2D eigenvalue weighted by Crippen LogP contribution is -2.52. The zero-order chi connectivity index (χ0) is 38.1. The van der Waals surface area contributed by atoms with Gasteiger partial charge in [0.2, 0.25) is 11.8 Å². The van der Waals surface area contributed by atoms with Crippen molar-refractivity contribution in [1.29, 1.82) is 0 Å². The maximum atomic E-state index is 15.1. The van der Waals surface area contributed by atoms with Gasteiger partial charge in [-0.25, -0.2) is 9.37 Å². The SMILES string of the molecule is Cc1cnc(C(=O)Nc2cc3cn(C4CCN(CC5CCN(c6ccc(C(=O)N[C@H]7CCC(=O)NC7=O)c(F)c6)CC5)CC4)nc3cc2N2CCCCC2)o1. The van der Waals surface area contributed by atoms with Crippen molar-refractivity contribution in [2.45, 2.75) is 76.8 Å². The maximum absolute atomic E-state index is 15.1. The first-order chi connectivity index (χ1) is 26.7. The van der Waals surface area contributed by atoms with E-state index in [1.165, 1.54) is 18.6 Å². The van der Waals surface area contributed by atoms with Crippen LogP contribution in [-0.4, -0.2) is 95.1 Å². The van der Waals surface area contributed by atoms with E-state index in [0.717, 1.165) is 112 Å². The Labute approximate surface area is 318 Å². The third kappa shape index (κ3) is 8.21. The van der Waals surface area contributed by atoms with Crippen molar-refractivity contribution in [2.75, 3.05) is 60.9 Å². The summed E-state index contributed by atoms with van der Waals surface area (Å²) in [6, 6.07) is 8.20. The van der Waals surface area contributed by atoms with Gasteiger partial charge in [0.1, 0.15) is 17.6 Å². The highest BCUT2D eigenvalue weighted by Crippen LogP contribution is 2.35. The highest BCUT2D eigenvalue weighted by atomic mass is 19.1. The monoisotopic (exact) mass is 753 g/mol. The number of piperidine rings is 4. The summed E-state index contributed by atoms with van der Waals surface area (Å²) in [5.41, 5.74) is 3.26. The topological polar surface area (TPSA) is 158 Å². The molecule has 0 unspecified atom stereocenters. The molecule has 14 nitrogen and oxygen atoms in total. The molecule has 0 aliphatic carbocycles. The van der Waals surface area contributed by atoms with Gasteiger partial charge >= 0.3 is 5.91 Å². The number of aryl methyl sites for hydroxylation is 1. The molecule has 4 fully saturated rings. The van der Waals surface area contributed by atoms with Crippen LogP contribution in [0.5, 0.6) is 0 Å². The molecule has 0 spiro atoms. The van der Waals surface area contributed by atoms with Crippen molar-refractivity contribution in [2.24, 2.45) is 5.92 Å². The van der Waals surface area contributed by atoms with E-state index in [-0.39, 0.29) is 36.1 Å². The van der Waals surface area contributed by atoms with Crippen LogP contribution in [0.4, 0.5) is 21.5 Å². The zero-order valence-electron chi connectivity index (χ0n) is 31.2. The lowest BCUT2D eigenvalue weighted by molar-refractivity contribution is -0.134. The van der Waals surface area contributed by atoms with Crippen LogP contribution in [0.15, 0.2) is 47.1 Å². The molecule has 0 radical (unpaired) electrons. The Balaban J connectivity index is 0.841. The van der Waals surface area contributed by atoms with Gasteiger partial charge in [-0.2, -0.15) is 5.10 Å². The van der Waals surface area contributed by atoms with Crippen LogP contribution in [-0.2, 0) is 9.59 Å². The number of oxazole rings is 1. The van der Waals surface area contributed by atoms with Crippen molar-refractivity contribution in [3.8, 4) is 0 Å². The van der Waals surface area contributed by atoms with Gasteiger partial charge in [0.15, 0.2) is 0 Å². The first-order valence-electron chi connectivity index (χ1n) is 19.6. The van der Waals surface area contributed by atoms with E-state index in [4.69, 9.17) is 9.52 Å². The van der Waals surface area contributed by atoms with Crippen molar-refractivity contribution in [3.05, 3.63) is 65.8 Å².